The molecular weight excluding hydrogens is 286 g/mol. The van der Waals surface area contributed by atoms with E-state index >= 15 is 0 Å². The van der Waals surface area contributed by atoms with E-state index in [2.05, 4.69) is 40.6 Å². The van der Waals surface area contributed by atoms with Crippen molar-refractivity contribution in [1.82, 2.24) is 10.2 Å². The molecule has 0 aliphatic carbocycles. The van der Waals surface area contributed by atoms with Gasteiger partial charge < -0.3 is 5.32 Å². The quantitative estimate of drug-likeness (QED) is 0.909. The van der Waals surface area contributed by atoms with Crippen LogP contribution in [0.1, 0.15) is 45.6 Å². The van der Waals surface area contributed by atoms with Crippen molar-refractivity contribution in [3.05, 3.63) is 35.9 Å². The van der Waals surface area contributed by atoms with Gasteiger partial charge in [-0.1, -0.05) is 44.2 Å². The molecule has 1 saturated heterocycles. The predicted octanol–water partition coefficient (Wildman–Crippen LogP) is 2.92. The minimum Gasteiger partial charge on any atom is -0.336 e. The van der Waals surface area contributed by atoms with Gasteiger partial charge >= 0.3 is 0 Å². The molecule has 0 radical (unpaired) electrons. The smallest absolute Gasteiger partial charge is 0.238 e. The van der Waals surface area contributed by atoms with Gasteiger partial charge in [-0.25, -0.2) is 0 Å². The Kier molecular flexibility index (Phi) is 5.43. The van der Waals surface area contributed by atoms with E-state index in [-0.39, 0.29) is 17.9 Å². The molecule has 1 aromatic rings. The number of amides is 1. The first-order chi connectivity index (χ1) is 10.9. The Labute approximate surface area is 139 Å². The third-order valence-electron chi connectivity index (χ3n) is 5.19. The van der Waals surface area contributed by atoms with E-state index in [9.17, 15) is 10.1 Å². The van der Waals surface area contributed by atoms with Gasteiger partial charge in [0.25, 0.3) is 0 Å². The summed E-state index contributed by atoms with van der Waals surface area (Å²) in [5.74, 6) is 0.495. The first-order valence-electron chi connectivity index (χ1n) is 8.39. The standard InChI is InChI=1S/C19H27N3O/c1-14(2)19(4,13-20)21-18(23)15(3)22-11-10-17(12-22)16-8-6-5-7-9-16/h5-9,14-15,17H,10-12H2,1-4H3,(H,21,23)/t15-,17+,19-/m1/s1. The maximum Gasteiger partial charge on any atom is 0.238 e. The van der Waals surface area contributed by atoms with E-state index in [0.717, 1.165) is 19.5 Å². The highest BCUT2D eigenvalue weighted by molar-refractivity contribution is 5.82. The van der Waals surface area contributed by atoms with E-state index < -0.39 is 5.54 Å². The summed E-state index contributed by atoms with van der Waals surface area (Å²) in [5, 5.41) is 12.3. The Morgan fingerprint density at radius 2 is 2.00 bits per heavy atom. The average molecular weight is 313 g/mol. The second-order valence-corrected chi connectivity index (χ2v) is 7.03. The number of nitrogens with one attached hydrogen (secondary N) is 1. The number of likely N-dealkylation sites (tertiary alicyclic amines) is 1. The molecule has 1 aliphatic heterocycles. The first-order valence-corrected chi connectivity index (χ1v) is 8.39. The SMILES string of the molecule is CC(C)[C@@](C)(C#N)NC(=O)[C@@H](C)N1CC[C@H](c2ccccc2)C1. The van der Waals surface area contributed by atoms with Gasteiger partial charge in [-0.2, -0.15) is 5.26 Å². The molecule has 2 rings (SSSR count). The average Bonchev–Trinajstić information content (AvgIpc) is 3.04. The number of nitrogens with zero attached hydrogens (tertiary/aromatic N) is 2. The molecule has 0 saturated carbocycles. The van der Waals surface area contributed by atoms with Crippen LogP contribution >= 0.6 is 0 Å². The van der Waals surface area contributed by atoms with Crippen molar-refractivity contribution in [1.29, 1.82) is 5.26 Å². The van der Waals surface area contributed by atoms with Crippen LogP contribution in [-0.2, 0) is 4.79 Å². The van der Waals surface area contributed by atoms with Crippen molar-refractivity contribution in [2.45, 2.75) is 51.6 Å². The van der Waals surface area contributed by atoms with Crippen LogP contribution < -0.4 is 5.32 Å². The fourth-order valence-electron chi connectivity index (χ4n) is 2.96. The Bertz CT molecular complexity index is 578. The summed E-state index contributed by atoms with van der Waals surface area (Å²) < 4.78 is 0. The minimum absolute atomic E-state index is 0.0588. The van der Waals surface area contributed by atoms with Crippen molar-refractivity contribution >= 4 is 5.91 Å². The van der Waals surface area contributed by atoms with Crippen LogP contribution in [0.5, 0.6) is 0 Å². The molecule has 0 spiro atoms. The summed E-state index contributed by atoms with van der Waals surface area (Å²) in [5.41, 5.74) is 0.524. The van der Waals surface area contributed by atoms with Crippen molar-refractivity contribution in [2.24, 2.45) is 5.92 Å². The number of benzene rings is 1. The maximum atomic E-state index is 12.5. The number of nitriles is 1. The highest BCUT2D eigenvalue weighted by atomic mass is 16.2. The van der Waals surface area contributed by atoms with Crippen molar-refractivity contribution in [3.8, 4) is 6.07 Å². The van der Waals surface area contributed by atoms with Gasteiger partial charge in [-0.05, 0) is 44.2 Å². The minimum atomic E-state index is -0.816. The van der Waals surface area contributed by atoms with E-state index in [4.69, 9.17) is 0 Å². The molecule has 1 N–H and O–H groups in total. The number of hydrogen-bond acceptors (Lipinski definition) is 3. The monoisotopic (exact) mass is 313 g/mol. The Morgan fingerprint density at radius 1 is 1.35 bits per heavy atom. The summed E-state index contributed by atoms with van der Waals surface area (Å²) in [6, 6.07) is 12.5. The van der Waals surface area contributed by atoms with E-state index in [0.29, 0.717) is 5.92 Å². The van der Waals surface area contributed by atoms with E-state index in [1.165, 1.54) is 5.56 Å². The van der Waals surface area contributed by atoms with Gasteiger partial charge in [0.05, 0.1) is 12.1 Å². The lowest BCUT2D eigenvalue weighted by atomic mass is 9.90. The summed E-state index contributed by atoms with van der Waals surface area (Å²) in [6.07, 6.45) is 1.07. The molecule has 23 heavy (non-hydrogen) atoms. The molecule has 124 valence electrons. The number of carbonyl (C=O) groups excluding carboxylic acids is 1. The molecule has 0 bridgehead atoms. The molecule has 0 aromatic heterocycles. The topological polar surface area (TPSA) is 56.1 Å². The summed E-state index contributed by atoms with van der Waals surface area (Å²) in [7, 11) is 0. The molecule has 1 heterocycles. The van der Waals surface area contributed by atoms with Crippen LogP contribution in [-0.4, -0.2) is 35.5 Å². The fraction of sp³-hybridized carbons (Fsp3) is 0.579. The summed E-state index contributed by atoms with van der Waals surface area (Å²) in [4.78, 5) is 14.8. The molecule has 3 atom stereocenters. The van der Waals surface area contributed by atoms with Crippen LogP contribution in [0, 0.1) is 17.2 Å². The summed E-state index contributed by atoms with van der Waals surface area (Å²) >= 11 is 0. The molecule has 4 nitrogen and oxygen atoms in total. The third-order valence-corrected chi connectivity index (χ3v) is 5.19. The molecule has 1 amide bonds. The van der Waals surface area contributed by atoms with Crippen LogP contribution in [0.4, 0.5) is 0 Å². The molecule has 1 fully saturated rings. The lowest BCUT2D eigenvalue weighted by Gasteiger charge is -2.31. The predicted molar refractivity (Wildman–Crippen MR) is 91.8 cm³/mol. The van der Waals surface area contributed by atoms with E-state index in [1.54, 1.807) is 6.92 Å². The lowest BCUT2D eigenvalue weighted by molar-refractivity contribution is -0.127. The highest BCUT2D eigenvalue weighted by Gasteiger charge is 2.35. The van der Waals surface area contributed by atoms with Crippen LogP contribution in [0.15, 0.2) is 30.3 Å². The van der Waals surface area contributed by atoms with Gasteiger partial charge in [-0.3, -0.25) is 9.69 Å². The zero-order valence-electron chi connectivity index (χ0n) is 14.5. The molecule has 1 aromatic carbocycles. The third kappa shape index (κ3) is 3.92. The number of hydrogen-bond donors (Lipinski definition) is 1. The Morgan fingerprint density at radius 3 is 2.57 bits per heavy atom. The maximum absolute atomic E-state index is 12.5. The van der Waals surface area contributed by atoms with Gasteiger partial charge in [0.1, 0.15) is 5.54 Å². The van der Waals surface area contributed by atoms with Crippen LogP contribution in [0.3, 0.4) is 0 Å². The number of carbonyl (C=O) groups is 1. The second kappa shape index (κ2) is 7.14. The van der Waals surface area contributed by atoms with Crippen LogP contribution in [0.25, 0.3) is 0 Å². The molecular formula is C19H27N3O. The molecule has 0 unspecified atom stereocenters. The largest absolute Gasteiger partial charge is 0.336 e. The van der Waals surface area contributed by atoms with Crippen molar-refractivity contribution < 1.29 is 4.79 Å². The number of rotatable bonds is 5. The second-order valence-electron chi connectivity index (χ2n) is 7.03. The van der Waals surface area contributed by atoms with Crippen LogP contribution in [0.2, 0.25) is 0 Å². The van der Waals surface area contributed by atoms with E-state index in [1.807, 2.05) is 26.8 Å². The van der Waals surface area contributed by atoms with Crippen molar-refractivity contribution in [2.75, 3.05) is 13.1 Å². The van der Waals surface area contributed by atoms with Gasteiger partial charge in [-0.15, -0.1) is 0 Å². The first kappa shape index (κ1) is 17.5. The van der Waals surface area contributed by atoms with Gasteiger partial charge in [0.2, 0.25) is 5.91 Å². The Balaban J connectivity index is 1.98. The zero-order chi connectivity index (χ0) is 17.0. The normalized spacial score (nSPS) is 22.3. The fourth-order valence-corrected chi connectivity index (χ4v) is 2.96. The lowest BCUT2D eigenvalue weighted by Crippen LogP contribution is -2.54. The van der Waals surface area contributed by atoms with Gasteiger partial charge in [0, 0.05) is 6.54 Å². The summed E-state index contributed by atoms with van der Waals surface area (Å²) in [6.45, 7) is 9.44. The zero-order valence-corrected chi connectivity index (χ0v) is 14.5. The Hall–Kier alpha value is -1.86. The van der Waals surface area contributed by atoms with Crippen molar-refractivity contribution in [3.63, 3.8) is 0 Å². The highest BCUT2D eigenvalue weighted by Crippen LogP contribution is 2.28. The van der Waals surface area contributed by atoms with Gasteiger partial charge in [0.15, 0.2) is 0 Å². The molecule has 4 heteroatoms. The molecule has 1 aliphatic rings.